The average Bonchev–Trinajstić information content (AvgIpc) is 2.93. The van der Waals surface area contributed by atoms with Gasteiger partial charge in [0, 0.05) is 18.2 Å². The number of hydrogen-bond donors (Lipinski definition) is 1. The van der Waals surface area contributed by atoms with Crippen molar-refractivity contribution >= 4 is 6.09 Å². The molecule has 3 aromatic rings. The molecule has 0 aliphatic carbocycles. The van der Waals surface area contributed by atoms with Gasteiger partial charge < -0.3 is 5.11 Å². The van der Waals surface area contributed by atoms with E-state index in [2.05, 4.69) is 5.10 Å². The molecule has 0 radical (unpaired) electrons. The first-order valence-electron chi connectivity index (χ1n) is 7.06. The van der Waals surface area contributed by atoms with Gasteiger partial charge in [-0.05, 0) is 18.1 Å². The summed E-state index contributed by atoms with van der Waals surface area (Å²) in [4.78, 5) is 11.2. The third-order valence-corrected chi connectivity index (χ3v) is 3.56. The lowest BCUT2D eigenvalue weighted by molar-refractivity contribution is 0.192. The topological polar surface area (TPSA) is 55.1 Å². The van der Waals surface area contributed by atoms with Crippen LogP contribution in [-0.4, -0.2) is 21.0 Å². The van der Waals surface area contributed by atoms with E-state index in [0.717, 1.165) is 27.1 Å². The summed E-state index contributed by atoms with van der Waals surface area (Å²) in [5.41, 5.74) is 4.86. The number of rotatable bonds is 3. The Kier molecular flexibility index (Phi) is 3.74. The Bertz CT molecular complexity index is 790. The molecule has 2 aromatic carbocycles. The van der Waals surface area contributed by atoms with Crippen molar-refractivity contribution in [1.29, 1.82) is 0 Å². The molecule has 0 atom stereocenters. The molecule has 0 fully saturated rings. The van der Waals surface area contributed by atoms with Crippen LogP contribution < -0.4 is 0 Å². The Balaban J connectivity index is 2.04. The molecule has 1 heterocycles. The van der Waals surface area contributed by atoms with Crippen LogP contribution in [0.25, 0.3) is 11.1 Å². The minimum absolute atomic E-state index is 0.602. The highest BCUT2D eigenvalue weighted by molar-refractivity contribution is 5.72. The van der Waals surface area contributed by atoms with Crippen LogP contribution in [0.1, 0.15) is 16.8 Å². The molecular weight excluding hydrogens is 276 g/mol. The largest absolute Gasteiger partial charge is 0.463 e. The van der Waals surface area contributed by atoms with E-state index in [9.17, 15) is 9.90 Å². The van der Waals surface area contributed by atoms with E-state index in [1.807, 2.05) is 61.5 Å². The maximum absolute atomic E-state index is 11.2. The Morgan fingerprint density at radius 2 is 1.77 bits per heavy atom. The molecule has 0 aliphatic heterocycles. The number of nitrogens with zero attached hydrogens (tertiary/aromatic N) is 2. The standard InChI is InChI=1S/C18H16N2O2/c1-13-7-9-15(10-8-13)16-12-20(18(21)22)19-17(16)11-14-5-3-2-4-6-14/h2-10,12H,11H2,1H3,(H,21,22). The summed E-state index contributed by atoms with van der Waals surface area (Å²) in [6.07, 6.45) is 1.10. The van der Waals surface area contributed by atoms with Gasteiger partial charge >= 0.3 is 6.09 Å². The van der Waals surface area contributed by atoms with Gasteiger partial charge in [-0.3, -0.25) is 0 Å². The molecule has 0 unspecified atom stereocenters. The minimum Gasteiger partial charge on any atom is -0.463 e. The van der Waals surface area contributed by atoms with Crippen LogP contribution in [0.5, 0.6) is 0 Å². The lowest BCUT2D eigenvalue weighted by Crippen LogP contribution is -2.08. The monoisotopic (exact) mass is 292 g/mol. The van der Waals surface area contributed by atoms with Gasteiger partial charge in [0.05, 0.1) is 5.69 Å². The molecule has 22 heavy (non-hydrogen) atoms. The van der Waals surface area contributed by atoms with Crippen molar-refractivity contribution in [2.24, 2.45) is 0 Å². The van der Waals surface area contributed by atoms with Gasteiger partial charge in [0.2, 0.25) is 0 Å². The van der Waals surface area contributed by atoms with Crippen molar-refractivity contribution < 1.29 is 9.90 Å². The lowest BCUT2D eigenvalue weighted by atomic mass is 10.0. The van der Waals surface area contributed by atoms with E-state index in [-0.39, 0.29) is 0 Å². The Labute approximate surface area is 128 Å². The maximum Gasteiger partial charge on any atom is 0.432 e. The Morgan fingerprint density at radius 3 is 2.41 bits per heavy atom. The second kappa shape index (κ2) is 5.85. The molecule has 110 valence electrons. The van der Waals surface area contributed by atoms with Crippen LogP contribution >= 0.6 is 0 Å². The van der Waals surface area contributed by atoms with Crippen molar-refractivity contribution in [2.75, 3.05) is 0 Å². The number of aromatic nitrogens is 2. The predicted octanol–water partition coefficient (Wildman–Crippen LogP) is 3.98. The van der Waals surface area contributed by atoms with E-state index in [0.29, 0.717) is 6.42 Å². The van der Waals surface area contributed by atoms with Crippen molar-refractivity contribution in [1.82, 2.24) is 9.78 Å². The van der Waals surface area contributed by atoms with Crippen LogP contribution in [-0.2, 0) is 6.42 Å². The summed E-state index contributed by atoms with van der Waals surface area (Å²) in [5.74, 6) is 0. The number of aryl methyl sites for hydroxylation is 1. The summed E-state index contributed by atoms with van der Waals surface area (Å²) >= 11 is 0. The molecule has 4 heteroatoms. The molecule has 0 bridgehead atoms. The highest BCUT2D eigenvalue weighted by Gasteiger charge is 2.14. The number of benzene rings is 2. The second-order valence-corrected chi connectivity index (χ2v) is 5.25. The fraction of sp³-hybridized carbons (Fsp3) is 0.111. The summed E-state index contributed by atoms with van der Waals surface area (Å²) in [6.45, 7) is 2.02. The van der Waals surface area contributed by atoms with E-state index < -0.39 is 6.09 Å². The predicted molar refractivity (Wildman–Crippen MR) is 85.1 cm³/mol. The first kappa shape index (κ1) is 14.1. The molecule has 3 rings (SSSR count). The quantitative estimate of drug-likeness (QED) is 0.794. The SMILES string of the molecule is Cc1ccc(-c2cn(C(=O)O)nc2Cc2ccccc2)cc1. The first-order valence-corrected chi connectivity index (χ1v) is 7.06. The van der Waals surface area contributed by atoms with Gasteiger partial charge in [-0.1, -0.05) is 60.2 Å². The Hall–Kier alpha value is -2.88. The Morgan fingerprint density at radius 1 is 1.09 bits per heavy atom. The summed E-state index contributed by atoms with van der Waals surface area (Å²) in [7, 11) is 0. The van der Waals surface area contributed by atoms with Gasteiger partial charge in [0.1, 0.15) is 0 Å². The zero-order valence-electron chi connectivity index (χ0n) is 12.2. The first-order chi connectivity index (χ1) is 10.6. The molecule has 1 aromatic heterocycles. The van der Waals surface area contributed by atoms with Crippen molar-refractivity contribution in [3.8, 4) is 11.1 Å². The lowest BCUT2D eigenvalue weighted by Gasteiger charge is -2.03. The highest BCUT2D eigenvalue weighted by atomic mass is 16.4. The van der Waals surface area contributed by atoms with Gasteiger partial charge in [0.15, 0.2) is 0 Å². The van der Waals surface area contributed by atoms with Crippen molar-refractivity contribution in [3.05, 3.63) is 77.6 Å². The van der Waals surface area contributed by atoms with Crippen molar-refractivity contribution in [2.45, 2.75) is 13.3 Å². The summed E-state index contributed by atoms with van der Waals surface area (Å²) in [6, 6.07) is 17.9. The zero-order chi connectivity index (χ0) is 15.5. The fourth-order valence-corrected chi connectivity index (χ4v) is 2.40. The summed E-state index contributed by atoms with van der Waals surface area (Å²) in [5, 5.41) is 13.4. The smallest absolute Gasteiger partial charge is 0.432 e. The zero-order valence-corrected chi connectivity index (χ0v) is 12.2. The van der Waals surface area contributed by atoms with Crippen LogP contribution in [0.2, 0.25) is 0 Å². The molecule has 0 spiro atoms. The highest BCUT2D eigenvalue weighted by Crippen LogP contribution is 2.25. The minimum atomic E-state index is -1.08. The molecule has 0 aliphatic rings. The van der Waals surface area contributed by atoms with Crippen LogP contribution in [0.4, 0.5) is 4.79 Å². The van der Waals surface area contributed by atoms with E-state index in [1.54, 1.807) is 6.20 Å². The van der Waals surface area contributed by atoms with E-state index in [1.165, 1.54) is 5.56 Å². The molecule has 4 nitrogen and oxygen atoms in total. The van der Waals surface area contributed by atoms with Crippen LogP contribution in [0, 0.1) is 6.92 Å². The van der Waals surface area contributed by atoms with Crippen molar-refractivity contribution in [3.63, 3.8) is 0 Å². The molecule has 0 saturated carbocycles. The number of hydrogen-bond acceptors (Lipinski definition) is 2. The third-order valence-electron chi connectivity index (χ3n) is 3.56. The molecular formula is C18H16N2O2. The number of carboxylic acid groups (broad SMARTS) is 1. The van der Waals surface area contributed by atoms with E-state index >= 15 is 0 Å². The van der Waals surface area contributed by atoms with Gasteiger partial charge in [-0.2, -0.15) is 9.78 Å². The van der Waals surface area contributed by atoms with Crippen LogP contribution in [0.15, 0.2) is 60.8 Å². The van der Waals surface area contributed by atoms with E-state index in [4.69, 9.17) is 0 Å². The van der Waals surface area contributed by atoms with Gasteiger partial charge in [0.25, 0.3) is 0 Å². The fourth-order valence-electron chi connectivity index (χ4n) is 2.40. The van der Waals surface area contributed by atoms with Crippen LogP contribution in [0.3, 0.4) is 0 Å². The average molecular weight is 292 g/mol. The normalized spacial score (nSPS) is 10.6. The second-order valence-electron chi connectivity index (χ2n) is 5.25. The summed E-state index contributed by atoms with van der Waals surface area (Å²) < 4.78 is 0.980. The third kappa shape index (κ3) is 2.91. The molecule has 0 amide bonds. The van der Waals surface area contributed by atoms with Gasteiger partial charge in [-0.25, -0.2) is 4.79 Å². The van der Waals surface area contributed by atoms with Gasteiger partial charge in [-0.15, -0.1) is 0 Å². The molecule has 1 N–H and O–H groups in total. The number of carbonyl (C=O) groups is 1. The maximum atomic E-state index is 11.2. The molecule has 0 saturated heterocycles.